The third-order valence-electron chi connectivity index (χ3n) is 5.35. The Kier molecular flexibility index (Phi) is 5.81. The number of methoxy groups -OCH3 is 1. The molecule has 0 bridgehead atoms. The van der Waals surface area contributed by atoms with E-state index in [4.69, 9.17) is 4.74 Å². The second-order valence-corrected chi connectivity index (χ2v) is 8.49. The highest BCUT2D eigenvalue weighted by Gasteiger charge is 2.23. The molecule has 1 N–H and O–H groups in total. The minimum Gasteiger partial charge on any atom is -0.497 e. The van der Waals surface area contributed by atoms with Crippen molar-refractivity contribution in [1.29, 1.82) is 0 Å². The number of thiophene rings is 1. The molecule has 0 saturated carbocycles. The van der Waals surface area contributed by atoms with E-state index in [2.05, 4.69) is 22.1 Å². The number of nitrogens with zero attached hydrogens (tertiary/aromatic N) is 2. The monoisotopic (exact) mass is 407 g/mol. The summed E-state index contributed by atoms with van der Waals surface area (Å²) in [5.74, 6) is 1.86. The first-order valence-electron chi connectivity index (χ1n) is 9.86. The van der Waals surface area contributed by atoms with E-state index in [0.717, 1.165) is 58.4 Å². The van der Waals surface area contributed by atoms with Gasteiger partial charge in [-0.05, 0) is 61.2 Å². The quantitative estimate of drug-likeness (QED) is 0.675. The molecule has 1 saturated heterocycles. The van der Waals surface area contributed by atoms with E-state index in [9.17, 15) is 4.79 Å². The van der Waals surface area contributed by atoms with E-state index < -0.39 is 0 Å². The minimum absolute atomic E-state index is 0.0224. The first-order chi connectivity index (χ1) is 14.1. The van der Waals surface area contributed by atoms with E-state index in [1.165, 1.54) is 0 Å². The predicted octanol–water partition coefficient (Wildman–Crippen LogP) is 4.53. The average molecular weight is 408 g/mol. The molecule has 3 heterocycles. The summed E-state index contributed by atoms with van der Waals surface area (Å²) in [6.07, 6.45) is 3.68. The number of ether oxygens (including phenoxy) is 1. The van der Waals surface area contributed by atoms with Crippen LogP contribution >= 0.6 is 11.3 Å². The highest BCUT2D eigenvalue weighted by Crippen LogP contribution is 2.32. The fourth-order valence-corrected chi connectivity index (χ4v) is 4.65. The number of benzene rings is 1. The molecule has 0 unspecified atom stereocenters. The lowest BCUT2D eigenvalue weighted by molar-refractivity contribution is 0.0935. The number of pyridine rings is 1. The van der Waals surface area contributed by atoms with Crippen LogP contribution in [-0.2, 0) is 0 Å². The van der Waals surface area contributed by atoms with E-state index in [1.54, 1.807) is 18.4 Å². The number of nitrogens with one attached hydrogen (secondary N) is 1. The van der Waals surface area contributed by atoms with Gasteiger partial charge < -0.3 is 15.0 Å². The number of piperidine rings is 1. The Balaban J connectivity index is 1.38. The summed E-state index contributed by atoms with van der Waals surface area (Å²) in [4.78, 5) is 21.4. The molecule has 0 aliphatic carbocycles. The second kappa shape index (κ2) is 8.66. The van der Waals surface area contributed by atoms with Crippen LogP contribution in [0.3, 0.4) is 0 Å². The van der Waals surface area contributed by atoms with Crippen LogP contribution in [0.5, 0.6) is 5.75 Å². The highest BCUT2D eigenvalue weighted by molar-refractivity contribution is 7.14. The minimum atomic E-state index is 0.0224. The lowest BCUT2D eigenvalue weighted by Crippen LogP contribution is -2.44. The van der Waals surface area contributed by atoms with E-state index in [-0.39, 0.29) is 11.9 Å². The van der Waals surface area contributed by atoms with Gasteiger partial charge >= 0.3 is 0 Å². The Morgan fingerprint density at radius 2 is 1.93 bits per heavy atom. The van der Waals surface area contributed by atoms with Crippen LogP contribution in [0.2, 0.25) is 0 Å². The van der Waals surface area contributed by atoms with Crippen molar-refractivity contribution >= 4 is 23.1 Å². The third-order valence-corrected chi connectivity index (χ3v) is 6.40. The summed E-state index contributed by atoms with van der Waals surface area (Å²) in [6, 6.07) is 16.1. The number of anilines is 1. The smallest absolute Gasteiger partial charge is 0.261 e. The Bertz CT molecular complexity index is 962. The summed E-state index contributed by atoms with van der Waals surface area (Å²) in [6.45, 7) is 3.87. The van der Waals surface area contributed by atoms with Crippen molar-refractivity contribution in [2.24, 2.45) is 0 Å². The fraction of sp³-hybridized carbons (Fsp3) is 0.304. The summed E-state index contributed by atoms with van der Waals surface area (Å²) in [5, 5.41) is 3.22. The maximum atomic E-state index is 12.8. The SMILES string of the molecule is COc1ccc(-c2cc(C(=O)NC3CCN(c4ccccn4)CC3)sc2C)cc1. The van der Waals surface area contributed by atoms with Gasteiger partial charge in [-0.3, -0.25) is 4.79 Å². The largest absolute Gasteiger partial charge is 0.497 e. The molecule has 1 fully saturated rings. The number of hydrogen-bond acceptors (Lipinski definition) is 5. The van der Waals surface area contributed by atoms with Crippen LogP contribution in [0.4, 0.5) is 5.82 Å². The molecule has 0 atom stereocenters. The number of hydrogen-bond donors (Lipinski definition) is 1. The molecule has 5 nitrogen and oxygen atoms in total. The molecule has 1 amide bonds. The topological polar surface area (TPSA) is 54.5 Å². The summed E-state index contributed by atoms with van der Waals surface area (Å²) < 4.78 is 5.23. The van der Waals surface area contributed by atoms with Crippen LogP contribution < -0.4 is 15.0 Å². The van der Waals surface area contributed by atoms with Crippen LogP contribution in [0, 0.1) is 6.92 Å². The second-order valence-electron chi connectivity index (χ2n) is 7.23. The molecule has 6 heteroatoms. The molecule has 2 aromatic heterocycles. The van der Waals surface area contributed by atoms with Gasteiger partial charge in [0.1, 0.15) is 11.6 Å². The third kappa shape index (κ3) is 4.43. The van der Waals surface area contributed by atoms with Crippen molar-refractivity contribution in [3.8, 4) is 16.9 Å². The molecule has 150 valence electrons. The summed E-state index contributed by atoms with van der Waals surface area (Å²) in [5.41, 5.74) is 2.20. The van der Waals surface area contributed by atoms with E-state index in [0.29, 0.717) is 0 Å². The standard InChI is InChI=1S/C23H25N3O2S/c1-16-20(17-6-8-19(28-2)9-7-17)15-21(29-16)23(27)25-18-10-13-26(14-11-18)22-5-3-4-12-24-22/h3-9,12,15,18H,10-11,13-14H2,1-2H3,(H,25,27). The van der Waals surface area contributed by atoms with Crippen molar-refractivity contribution in [3.05, 3.63) is 64.5 Å². The molecule has 0 spiro atoms. The molecule has 1 aliphatic rings. The van der Waals surface area contributed by atoms with Crippen LogP contribution in [-0.4, -0.2) is 37.1 Å². The van der Waals surface area contributed by atoms with Crippen molar-refractivity contribution in [3.63, 3.8) is 0 Å². The normalized spacial score (nSPS) is 14.6. The average Bonchev–Trinajstić information content (AvgIpc) is 3.17. The number of rotatable bonds is 5. The molecule has 4 rings (SSSR count). The van der Waals surface area contributed by atoms with Crippen molar-refractivity contribution in [2.75, 3.05) is 25.1 Å². The predicted molar refractivity (Wildman–Crippen MR) is 118 cm³/mol. The Morgan fingerprint density at radius 1 is 1.17 bits per heavy atom. The van der Waals surface area contributed by atoms with E-state index in [1.807, 2.05) is 54.7 Å². The Morgan fingerprint density at radius 3 is 2.59 bits per heavy atom. The van der Waals surface area contributed by atoms with Gasteiger partial charge in [0.2, 0.25) is 0 Å². The molecular weight excluding hydrogens is 382 g/mol. The van der Waals surface area contributed by atoms with Gasteiger partial charge in [0.25, 0.3) is 5.91 Å². The van der Waals surface area contributed by atoms with Crippen LogP contribution in [0.1, 0.15) is 27.4 Å². The van der Waals surface area contributed by atoms with Crippen LogP contribution in [0.25, 0.3) is 11.1 Å². The van der Waals surface area contributed by atoms with Crippen molar-refractivity contribution in [1.82, 2.24) is 10.3 Å². The van der Waals surface area contributed by atoms with Crippen molar-refractivity contribution in [2.45, 2.75) is 25.8 Å². The van der Waals surface area contributed by atoms with Crippen molar-refractivity contribution < 1.29 is 9.53 Å². The van der Waals surface area contributed by atoms with Gasteiger partial charge in [0.05, 0.1) is 12.0 Å². The lowest BCUT2D eigenvalue weighted by Gasteiger charge is -2.33. The van der Waals surface area contributed by atoms with Crippen LogP contribution in [0.15, 0.2) is 54.7 Å². The Hall–Kier alpha value is -2.86. The molecule has 1 aliphatic heterocycles. The Labute approximate surface area is 175 Å². The number of amides is 1. The maximum Gasteiger partial charge on any atom is 0.261 e. The summed E-state index contributed by atoms with van der Waals surface area (Å²) in [7, 11) is 1.66. The highest BCUT2D eigenvalue weighted by atomic mass is 32.1. The van der Waals surface area contributed by atoms with E-state index >= 15 is 0 Å². The molecule has 3 aromatic rings. The molecular formula is C23H25N3O2S. The zero-order chi connectivity index (χ0) is 20.2. The number of aromatic nitrogens is 1. The fourth-order valence-electron chi connectivity index (χ4n) is 3.70. The summed E-state index contributed by atoms with van der Waals surface area (Å²) >= 11 is 1.55. The zero-order valence-corrected chi connectivity index (χ0v) is 17.5. The molecule has 29 heavy (non-hydrogen) atoms. The number of aryl methyl sites for hydroxylation is 1. The van der Waals surface area contributed by atoms with Gasteiger partial charge in [-0.1, -0.05) is 18.2 Å². The number of carbonyl (C=O) groups excluding carboxylic acids is 1. The first-order valence-corrected chi connectivity index (χ1v) is 10.7. The maximum absolute atomic E-state index is 12.8. The molecule has 0 radical (unpaired) electrons. The van der Waals surface area contributed by atoms with Gasteiger partial charge in [-0.2, -0.15) is 0 Å². The molecule has 1 aromatic carbocycles. The number of carbonyl (C=O) groups is 1. The first kappa shape index (κ1) is 19.5. The van der Waals surface area contributed by atoms with Gasteiger partial charge in [-0.15, -0.1) is 11.3 Å². The van der Waals surface area contributed by atoms with Gasteiger partial charge in [0.15, 0.2) is 0 Å². The van der Waals surface area contributed by atoms with Gasteiger partial charge in [0, 0.05) is 30.2 Å². The van der Waals surface area contributed by atoms with Gasteiger partial charge in [-0.25, -0.2) is 4.98 Å². The zero-order valence-electron chi connectivity index (χ0n) is 16.7. The lowest BCUT2D eigenvalue weighted by atomic mass is 10.0.